The molecule has 2 aliphatic carbocycles. The maximum absolute atomic E-state index is 12.2. The van der Waals surface area contributed by atoms with E-state index in [4.69, 9.17) is 40.8 Å². The molecule has 0 unspecified atom stereocenters. The molecule has 2 aromatic heterocycles. The zero-order valence-corrected chi connectivity index (χ0v) is 21.8. The summed E-state index contributed by atoms with van der Waals surface area (Å²) in [7, 11) is 0. The van der Waals surface area contributed by atoms with Gasteiger partial charge in [0.15, 0.2) is 25.1 Å². The largest absolute Gasteiger partial charge is 0.438 e. The van der Waals surface area contributed by atoms with Gasteiger partial charge in [-0.1, -0.05) is 25.7 Å². The van der Waals surface area contributed by atoms with Gasteiger partial charge in [0, 0.05) is 6.54 Å². The number of fused-ring (bicyclic) bond motifs is 1. The molecule has 2 N–H and O–H groups in total. The van der Waals surface area contributed by atoms with E-state index >= 15 is 0 Å². The second-order valence-electron chi connectivity index (χ2n) is 8.90. The van der Waals surface area contributed by atoms with Crippen molar-refractivity contribution in [3.8, 4) is 0 Å². The first-order valence-corrected chi connectivity index (χ1v) is 15.0. The molecule has 2 fully saturated rings. The smallest absolute Gasteiger partial charge is 0.311 e. The molecule has 12 nitrogen and oxygen atoms in total. The minimum atomic E-state index is -3.07. The number of rotatable bonds is 13. The maximum atomic E-state index is 12.2. The molecule has 0 spiro atoms. The maximum Gasteiger partial charge on any atom is 0.311 e. The van der Waals surface area contributed by atoms with Gasteiger partial charge in [-0.2, -0.15) is 0 Å². The van der Waals surface area contributed by atoms with Gasteiger partial charge in [0.1, 0.15) is 18.2 Å². The van der Waals surface area contributed by atoms with Gasteiger partial charge in [-0.05, 0) is 37.5 Å². The Bertz CT molecular complexity index is 1050. The van der Waals surface area contributed by atoms with Crippen molar-refractivity contribution in [2.45, 2.75) is 57.9 Å². The number of hydrogen-bond acceptors (Lipinski definition) is 12. The van der Waals surface area contributed by atoms with E-state index in [1.54, 1.807) is 10.9 Å². The fourth-order valence-electron chi connectivity index (χ4n) is 4.40. The Labute approximate surface area is 214 Å². The lowest BCUT2D eigenvalue weighted by Crippen LogP contribution is -2.19. The first kappa shape index (κ1) is 26.9. The number of ether oxygens (including phenoxy) is 3. The fourth-order valence-corrected chi connectivity index (χ4v) is 5.89. The number of hydrogen-bond donors (Lipinski definition) is 1. The summed E-state index contributed by atoms with van der Waals surface area (Å²) in [4.78, 5) is 36.8. The van der Waals surface area contributed by atoms with Crippen LogP contribution in [0.4, 0.5) is 5.82 Å². The summed E-state index contributed by atoms with van der Waals surface area (Å²) in [6, 6.07) is 0. The molecule has 14 heteroatoms. The quantitative estimate of drug-likeness (QED) is 0.172. The molecule has 2 aliphatic rings. The van der Waals surface area contributed by atoms with Crippen LogP contribution in [-0.2, 0) is 51.2 Å². The van der Waals surface area contributed by atoms with E-state index in [0.29, 0.717) is 23.5 Å². The normalized spacial score (nSPS) is 17.1. The van der Waals surface area contributed by atoms with E-state index in [0.717, 1.165) is 51.4 Å². The van der Waals surface area contributed by atoms with Crippen molar-refractivity contribution in [1.29, 1.82) is 0 Å². The van der Waals surface area contributed by atoms with Crippen LogP contribution in [0.2, 0.25) is 0 Å². The number of nitrogens with zero attached hydrogens (tertiary/aromatic N) is 4. The Morgan fingerprint density at radius 1 is 0.972 bits per heavy atom. The van der Waals surface area contributed by atoms with Crippen molar-refractivity contribution in [3.05, 3.63) is 12.7 Å². The standard InChI is InChI=1S/C22H32N5O7PS/c23-19-18-20(25-11-24-19)27(12-26-18)9-10-30-15-35(36,33-13-31-21(28)16-5-1-2-6-16)34-14-32-22(29)17-7-3-4-8-17/h11-12,16-17H,1-10,13-15H2,(H2,23,24,25). The molecule has 0 saturated heterocycles. The lowest BCUT2D eigenvalue weighted by atomic mass is 10.1. The van der Waals surface area contributed by atoms with Crippen LogP contribution in [0.1, 0.15) is 51.4 Å². The molecule has 2 heterocycles. The van der Waals surface area contributed by atoms with Crippen molar-refractivity contribution in [2.75, 3.05) is 32.3 Å². The third kappa shape index (κ3) is 7.19. The molecule has 0 aliphatic heterocycles. The number of nitrogens with two attached hydrogens (primary N) is 1. The van der Waals surface area contributed by atoms with Crippen molar-refractivity contribution in [1.82, 2.24) is 19.5 Å². The van der Waals surface area contributed by atoms with E-state index in [-0.39, 0.29) is 50.3 Å². The predicted molar refractivity (Wildman–Crippen MR) is 133 cm³/mol. The van der Waals surface area contributed by atoms with Crippen molar-refractivity contribution >= 4 is 47.2 Å². The molecule has 2 aromatic rings. The van der Waals surface area contributed by atoms with E-state index < -0.39 is 6.49 Å². The highest BCUT2D eigenvalue weighted by Crippen LogP contribution is 2.48. The summed E-state index contributed by atoms with van der Waals surface area (Å²) in [6.45, 7) is -3.07. The highest BCUT2D eigenvalue weighted by atomic mass is 32.5. The van der Waals surface area contributed by atoms with Crippen LogP contribution in [0.3, 0.4) is 0 Å². The number of carbonyl (C=O) groups is 2. The van der Waals surface area contributed by atoms with Crippen molar-refractivity contribution in [2.24, 2.45) is 11.8 Å². The molecule has 2 saturated carbocycles. The van der Waals surface area contributed by atoms with Gasteiger partial charge in [0.25, 0.3) is 0 Å². The molecule has 0 atom stereocenters. The van der Waals surface area contributed by atoms with Crippen LogP contribution in [-0.4, -0.2) is 58.0 Å². The van der Waals surface area contributed by atoms with Gasteiger partial charge in [-0.25, -0.2) is 15.0 Å². The van der Waals surface area contributed by atoms with Crippen molar-refractivity contribution in [3.63, 3.8) is 0 Å². The van der Waals surface area contributed by atoms with E-state index in [2.05, 4.69) is 15.0 Å². The van der Waals surface area contributed by atoms with Crippen LogP contribution in [0.15, 0.2) is 12.7 Å². The number of nitrogen functional groups attached to an aromatic ring is 1. The Hall–Kier alpha value is -2.18. The van der Waals surface area contributed by atoms with Crippen LogP contribution in [0, 0.1) is 11.8 Å². The van der Waals surface area contributed by atoms with Gasteiger partial charge in [-0.3, -0.25) is 18.6 Å². The van der Waals surface area contributed by atoms with Crippen LogP contribution >= 0.6 is 6.49 Å². The average Bonchev–Trinajstić information content (AvgIpc) is 3.64. The number of anilines is 1. The van der Waals surface area contributed by atoms with Gasteiger partial charge in [-0.15, -0.1) is 0 Å². The first-order valence-electron chi connectivity index (χ1n) is 12.2. The fraction of sp³-hybridized carbons (Fsp3) is 0.682. The minimum Gasteiger partial charge on any atom is -0.438 e. The molecular formula is C22H32N5O7PS. The van der Waals surface area contributed by atoms with E-state index in [1.165, 1.54) is 6.33 Å². The SMILES string of the molecule is Nc1ncnc2c1ncn2CCOCP(=S)(OCOC(=O)C1CCCC1)OCOC(=O)C1CCCC1. The second kappa shape index (κ2) is 12.9. The summed E-state index contributed by atoms with van der Waals surface area (Å²) >= 11 is 5.59. The Morgan fingerprint density at radius 3 is 2.14 bits per heavy atom. The topological polar surface area (TPSA) is 150 Å². The van der Waals surface area contributed by atoms with E-state index in [1.807, 2.05) is 0 Å². The molecule has 0 bridgehead atoms. The molecule has 0 aromatic carbocycles. The second-order valence-corrected chi connectivity index (χ2v) is 12.6. The molecule has 198 valence electrons. The number of carbonyl (C=O) groups excluding carboxylic acids is 2. The molecule has 0 radical (unpaired) electrons. The number of aromatic nitrogens is 4. The lowest BCUT2D eigenvalue weighted by Gasteiger charge is -2.22. The third-order valence-corrected chi connectivity index (χ3v) is 8.88. The highest BCUT2D eigenvalue weighted by Gasteiger charge is 2.28. The van der Waals surface area contributed by atoms with Gasteiger partial charge in [0.2, 0.25) is 6.49 Å². The zero-order chi connectivity index (χ0) is 25.4. The zero-order valence-electron chi connectivity index (χ0n) is 20.1. The predicted octanol–water partition coefficient (Wildman–Crippen LogP) is 3.11. The van der Waals surface area contributed by atoms with Crippen LogP contribution < -0.4 is 5.73 Å². The first-order chi connectivity index (χ1) is 17.5. The Morgan fingerprint density at radius 2 is 1.56 bits per heavy atom. The van der Waals surface area contributed by atoms with Crippen LogP contribution in [0.5, 0.6) is 0 Å². The van der Waals surface area contributed by atoms with Gasteiger partial charge >= 0.3 is 11.9 Å². The number of esters is 2. The molecule has 4 rings (SSSR count). The monoisotopic (exact) mass is 541 g/mol. The van der Waals surface area contributed by atoms with Crippen molar-refractivity contribution < 1.29 is 32.8 Å². The van der Waals surface area contributed by atoms with Gasteiger partial charge < -0.3 is 24.5 Å². The summed E-state index contributed by atoms with van der Waals surface area (Å²) < 4.78 is 29.4. The lowest BCUT2D eigenvalue weighted by molar-refractivity contribution is -0.156. The third-order valence-electron chi connectivity index (χ3n) is 6.43. The molecule has 0 amide bonds. The minimum absolute atomic E-state index is 0.0615. The Balaban J connectivity index is 1.27. The highest BCUT2D eigenvalue weighted by molar-refractivity contribution is 8.09. The summed E-state index contributed by atoms with van der Waals surface area (Å²) in [5, 5.41) is 0. The number of imidazole rings is 1. The van der Waals surface area contributed by atoms with E-state index in [9.17, 15) is 9.59 Å². The van der Waals surface area contributed by atoms with Crippen LogP contribution in [0.25, 0.3) is 11.2 Å². The van der Waals surface area contributed by atoms with Gasteiger partial charge in [0.05, 0.1) is 24.8 Å². The average molecular weight is 542 g/mol. The Kier molecular flexibility index (Phi) is 9.60. The molecular weight excluding hydrogens is 509 g/mol. The summed E-state index contributed by atoms with van der Waals surface area (Å²) in [5.74, 6) is -0.485. The molecule has 36 heavy (non-hydrogen) atoms. The summed E-state index contributed by atoms with van der Waals surface area (Å²) in [5.41, 5.74) is 6.93. The summed E-state index contributed by atoms with van der Waals surface area (Å²) in [6.07, 6.45) is 10.3.